The van der Waals surface area contributed by atoms with E-state index < -0.39 is 10.0 Å². The van der Waals surface area contributed by atoms with Crippen LogP contribution in [0.15, 0.2) is 23.1 Å². The molecule has 0 aromatic heterocycles. The molecular formula is C18H28N4O4S. The number of rotatable bonds is 5. The summed E-state index contributed by atoms with van der Waals surface area (Å²) in [5, 5.41) is 8.02. The Labute approximate surface area is 160 Å². The number of carbonyl (C=O) groups is 2. The quantitative estimate of drug-likeness (QED) is 0.751. The second-order valence-corrected chi connectivity index (χ2v) is 9.63. The van der Waals surface area contributed by atoms with Crippen molar-refractivity contribution in [3.05, 3.63) is 23.8 Å². The smallest absolute Gasteiger partial charge is 0.242 e. The van der Waals surface area contributed by atoms with Gasteiger partial charge in [0, 0.05) is 24.3 Å². The summed E-state index contributed by atoms with van der Waals surface area (Å²) in [5.41, 5.74) is 1.30. The van der Waals surface area contributed by atoms with Gasteiger partial charge in [-0.15, -0.1) is 0 Å². The van der Waals surface area contributed by atoms with Crippen molar-refractivity contribution in [2.45, 2.75) is 50.6 Å². The maximum Gasteiger partial charge on any atom is 0.242 e. The van der Waals surface area contributed by atoms with E-state index in [1.54, 1.807) is 19.2 Å². The Bertz CT molecular complexity index is 845. The number of nitrogens with two attached hydrogens (primary N) is 1. The number of primary sulfonamides is 1. The number of sulfonamides is 1. The Hall–Kier alpha value is -2.13. The van der Waals surface area contributed by atoms with Gasteiger partial charge in [0.05, 0.1) is 18.0 Å². The van der Waals surface area contributed by atoms with E-state index in [1.807, 2.05) is 32.6 Å². The van der Waals surface area contributed by atoms with Crippen LogP contribution >= 0.6 is 0 Å². The van der Waals surface area contributed by atoms with Crippen LogP contribution in [0.4, 0.5) is 5.69 Å². The van der Waals surface area contributed by atoms with Gasteiger partial charge in [-0.2, -0.15) is 0 Å². The van der Waals surface area contributed by atoms with E-state index >= 15 is 0 Å². The highest BCUT2D eigenvalue weighted by Gasteiger charge is 2.30. The molecular weight excluding hydrogens is 368 g/mol. The van der Waals surface area contributed by atoms with Gasteiger partial charge in [-0.25, -0.2) is 13.6 Å². The fourth-order valence-electron chi connectivity index (χ4n) is 3.12. The molecule has 0 aliphatic carbocycles. The maximum atomic E-state index is 12.6. The third-order valence-electron chi connectivity index (χ3n) is 4.36. The average molecular weight is 397 g/mol. The van der Waals surface area contributed by atoms with E-state index in [9.17, 15) is 18.0 Å². The Morgan fingerprint density at radius 3 is 2.52 bits per heavy atom. The minimum atomic E-state index is -3.76. The third kappa shape index (κ3) is 5.43. The molecule has 3 N–H and O–H groups in total. The van der Waals surface area contributed by atoms with Crippen LogP contribution in [0.2, 0.25) is 0 Å². The SMILES string of the molecule is C[C@@H]1Cc2cc(S(N)(=O)=O)ccc2N1CC(=O)N(C)CC(=O)NC(C)(C)C. The highest BCUT2D eigenvalue weighted by atomic mass is 32.2. The molecule has 1 heterocycles. The van der Waals surface area contributed by atoms with Gasteiger partial charge in [-0.1, -0.05) is 0 Å². The molecule has 0 unspecified atom stereocenters. The molecule has 0 saturated heterocycles. The van der Waals surface area contributed by atoms with Gasteiger partial charge in [-0.3, -0.25) is 9.59 Å². The number of likely N-dealkylation sites (N-methyl/N-ethyl adjacent to an activating group) is 1. The second-order valence-electron chi connectivity index (χ2n) is 8.06. The summed E-state index contributed by atoms with van der Waals surface area (Å²) in [6, 6.07) is 4.73. The lowest BCUT2D eigenvalue weighted by atomic mass is 10.1. The van der Waals surface area contributed by atoms with Gasteiger partial charge in [0.25, 0.3) is 0 Å². The molecule has 1 aliphatic rings. The van der Waals surface area contributed by atoms with Gasteiger partial charge in [0.15, 0.2) is 0 Å². The van der Waals surface area contributed by atoms with Crippen LogP contribution < -0.4 is 15.4 Å². The van der Waals surface area contributed by atoms with Crippen LogP contribution in [-0.4, -0.2) is 56.9 Å². The molecule has 1 aromatic rings. The first kappa shape index (κ1) is 21.2. The second kappa shape index (κ2) is 7.47. The van der Waals surface area contributed by atoms with Crippen molar-refractivity contribution in [1.82, 2.24) is 10.2 Å². The fourth-order valence-corrected chi connectivity index (χ4v) is 3.68. The van der Waals surface area contributed by atoms with E-state index in [4.69, 9.17) is 5.14 Å². The number of fused-ring (bicyclic) bond motifs is 1. The van der Waals surface area contributed by atoms with Crippen molar-refractivity contribution >= 4 is 27.5 Å². The molecule has 27 heavy (non-hydrogen) atoms. The predicted molar refractivity (Wildman–Crippen MR) is 104 cm³/mol. The molecule has 150 valence electrons. The van der Waals surface area contributed by atoms with Gasteiger partial charge in [0.2, 0.25) is 21.8 Å². The first-order chi connectivity index (χ1) is 12.3. The molecule has 0 saturated carbocycles. The minimum absolute atomic E-state index is 0.0183. The highest BCUT2D eigenvalue weighted by molar-refractivity contribution is 7.89. The summed E-state index contributed by atoms with van der Waals surface area (Å²) < 4.78 is 23.1. The minimum Gasteiger partial charge on any atom is -0.359 e. The Morgan fingerprint density at radius 1 is 1.33 bits per heavy atom. The number of benzene rings is 1. The third-order valence-corrected chi connectivity index (χ3v) is 5.27. The predicted octanol–water partition coefficient (Wildman–Crippen LogP) is 0.458. The molecule has 0 spiro atoms. The van der Waals surface area contributed by atoms with Crippen molar-refractivity contribution < 1.29 is 18.0 Å². The van der Waals surface area contributed by atoms with E-state index in [1.165, 1.54) is 11.0 Å². The van der Waals surface area contributed by atoms with Crippen molar-refractivity contribution in [1.29, 1.82) is 0 Å². The summed E-state index contributed by atoms with van der Waals surface area (Å²) in [6.07, 6.45) is 0.625. The summed E-state index contributed by atoms with van der Waals surface area (Å²) in [6.45, 7) is 7.70. The maximum absolute atomic E-state index is 12.6. The van der Waals surface area contributed by atoms with Crippen molar-refractivity contribution in [3.63, 3.8) is 0 Å². The first-order valence-electron chi connectivity index (χ1n) is 8.75. The fraction of sp³-hybridized carbons (Fsp3) is 0.556. The summed E-state index contributed by atoms with van der Waals surface area (Å²) in [4.78, 5) is 28.0. The Morgan fingerprint density at radius 2 is 1.96 bits per heavy atom. The topological polar surface area (TPSA) is 113 Å². The largest absolute Gasteiger partial charge is 0.359 e. The van der Waals surface area contributed by atoms with Crippen molar-refractivity contribution in [3.8, 4) is 0 Å². The Balaban J connectivity index is 2.08. The number of anilines is 1. The monoisotopic (exact) mass is 396 g/mol. The van der Waals surface area contributed by atoms with E-state index in [0.29, 0.717) is 6.42 Å². The number of hydrogen-bond acceptors (Lipinski definition) is 5. The zero-order valence-corrected chi connectivity index (χ0v) is 17.3. The molecule has 0 bridgehead atoms. The summed E-state index contributed by atoms with van der Waals surface area (Å²) >= 11 is 0. The zero-order chi connectivity index (χ0) is 20.6. The molecule has 2 rings (SSSR count). The lowest BCUT2D eigenvalue weighted by Crippen LogP contribution is -2.48. The van der Waals surface area contributed by atoms with E-state index in [-0.39, 0.29) is 41.4 Å². The average Bonchev–Trinajstić information content (AvgIpc) is 2.79. The number of carbonyl (C=O) groups excluding carboxylic acids is 2. The van der Waals surface area contributed by atoms with Crippen molar-refractivity contribution in [2.75, 3.05) is 25.0 Å². The molecule has 2 amide bonds. The van der Waals surface area contributed by atoms with Gasteiger partial charge in [0.1, 0.15) is 0 Å². The number of nitrogens with zero attached hydrogens (tertiary/aromatic N) is 2. The molecule has 1 atom stereocenters. The van der Waals surface area contributed by atoms with Crippen LogP contribution in [0.1, 0.15) is 33.3 Å². The van der Waals surface area contributed by atoms with Crippen LogP contribution in [0.5, 0.6) is 0 Å². The standard InChI is InChI=1S/C18H28N4O4S/c1-12-8-13-9-14(27(19,25)26)6-7-15(13)22(12)11-17(24)21(5)10-16(23)20-18(2,3)4/h6-7,9,12H,8,10-11H2,1-5H3,(H,20,23)(H2,19,25,26)/t12-/m1/s1. The van der Waals surface area contributed by atoms with E-state index in [2.05, 4.69) is 5.32 Å². The summed E-state index contributed by atoms with van der Waals surface area (Å²) in [7, 11) is -2.17. The zero-order valence-electron chi connectivity index (χ0n) is 16.4. The van der Waals surface area contributed by atoms with Crippen LogP contribution in [0, 0.1) is 0 Å². The number of hydrogen-bond donors (Lipinski definition) is 2. The normalized spacial score (nSPS) is 16.8. The van der Waals surface area contributed by atoms with E-state index in [0.717, 1.165) is 11.3 Å². The molecule has 0 radical (unpaired) electrons. The number of nitrogens with one attached hydrogen (secondary N) is 1. The van der Waals surface area contributed by atoms with Gasteiger partial charge < -0.3 is 15.1 Å². The lowest BCUT2D eigenvalue weighted by molar-refractivity contribution is -0.134. The molecule has 1 aliphatic heterocycles. The highest BCUT2D eigenvalue weighted by Crippen LogP contribution is 2.33. The molecule has 9 heteroatoms. The van der Waals surface area contributed by atoms with Crippen LogP contribution in [0.3, 0.4) is 0 Å². The molecule has 0 fully saturated rings. The molecule has 8 nitrogen and oxygen atoms in total. The molecule has 1 aromatic carbocycles. The summed E-state index contributed by atoms with van der Waals surface area (Å²) in [5.74, 6) is -0.403. The number of amides is 2. The van der Waals surface area contributed by atoms with Crippen LogP contribution in [0.25, 0.3) is 0 Å². The Kier molecular flexibility index (Phi) is 5.86. The van der Waals surface area contributed by atoms with Crippen LogP contribution in [-0.2, 0) is 26.0 Å². The lowest BCUT2D eigenvalue weighted by Gasteiger charge is -2.28. The van der Waals surface area contributed by atoms with Gasteiger partial charge in [-0.05, 0) is 57.9 Å². The first-order valence-corrected chi connectivity index (χ1v) is 10.3. The van der Waals surface area contributed by atoms with Gasteiger partial charge >= 0.3 is 0 Å². The van der Waals surface area contributed by atoms with Crippen molar-refractivity contribution in [2.24, 2.45) is 5.14 Å².